The lowest BCUT2D eigenvalue weighted by molar-refractivity contribution is -0.359. The van der Waals surface area contributed by atoms with Crippen LogP contribution < -0.4 is 5.32 Å². The number of amides is 1. The smallest absolute Gasteiger partial charge is 0.220 e. The predicted octanol–water partition coefficient (Wildman–Crippen LogP) is 7.88. The Hall–Kier alpha value is -1.79. The largest absolute Gasteiger partial charge is 0.394 e. The summed E-state index contributed by atoms with van der Waals surface area (Å²) in [6, 6.07) is -0.934. The van der Waals surface area contributed by atoms with Gasteiger partial charge in [0.05, 0.1) is 32.0 Å². The zero-order chi connectivity index (χ0) is 49.6. The maximum Gasteiger partial charge on any atom is 0.220 e. The van der Waals surface area contributed by atoms with E-state index >= 15 is 0 Å². The van der Waals surface area contributed by atoms with Gasteiger partial charge in [-0.1, -0.05) is 192 Å². The molecule has 0 aliphatic carbocycles. The van der Waals surface area contributed by atoms with Crippen LogP contribution in [0.4, 0.5) is 0 Å². The van der Waals surface area contributed by atoms with Crippen molar-refractivity contribution in [2.24, 2.45) is 0 Å². The average molecular weight is 970 g/mol. The van der Waals surface area contributed by atoms with Crippen molar-refractivity contribution in [1.82, 2.24) is 5.32 Å². The van der Waals surface area contributed by atoms with Gasteiger partial charge < -0.3 is 65.1 Å². The number of hydrogen-bond acceptors (Lipinski definition) is 13. The van der Waals surface area contributed by atoms with E-state index in [2.05, 4.69) is 43.5 Å². The maximum absolute atomic E-state index is 13.2. The number of aliphatic hydroxyl groups is 8. The molecule has 9 N–H and O–H groups in total. The van der Waals surface area contributed by atoms with Gasteiger partial charge in [0.25, 0.3) is 0 Å². The lowest BCUT2D eigenvalue weighted by Gasteiger charge is -2.46. The normalized spacial score (nSPS) is 26.6. The van der Waals surface area contributed by atoms with E-state index in [1.165, 1.54) is 128 Å². The van der Waals surface area contributed by atoms with E-state index in [-0.39, 0.29) is 18.9 Å². The van der Waals surface area contributed by atoms with Crippen LogP contribution in [0.15, 0.2) is 36.5 Å². The summed E-state index contributed by atoms with van der Waals surface area (Å²) in [6.07, 6.45) is 30.4. The molecule has 2 heterocycles. The topological polar surface area (TPSA) is 228 Å². The molecule has 12 unspecified atom stereocenters. The number of hydrogen-bond donors (Lipinski definition) is 9. The van der Waals surface area contributed by atoms with Gasteiger partial charge in [0, 0.05) is 6.42 Å². The van der Waals surface area contributed by atoms with Crippen molar-refractivity contribution >= 4 is 5.91 Å². The molecule has 0 bridgehead atoms. The van der Waals surface area contributed by atoms with Crippen LogP contribution in [-0.4, -0.2) is 140 Å². The van der Waals surface area contributed by atoms with Crippen LogP contribution in [0, 0.1) is 0 Å². The van der Waals surface area contributed by atoms with Crippen molar-refractivity contribution < 1.29 is 64.6 Å². The molecule has 398 valence electrons. The summed E-state index contributed by atoms with van der Waals surface area (Å²) in [4.78, 5) is 13.2. The van der Waals surface area contributed by atoms with Gasteiger partial charge in [-0.2, -0.15) is 0 Å². The summed E-state index contributed by atoms with van der Waals surface area (Å²) < 4.78 is 22.7. The van der Waals surface area contributed by atoms with Crippen LogP contribution in [0.5, 0.6) is 0 Å². The Morgan fingerprint density at radius 2 is 0.941 bits per heavy atom. The second kappa shape index (κ2) is 40.8. The van der Waals surface area contributed by atoms with Gasteiger partial charge in [0.2, 0.25) is 5.91 Å². The molecule has 2 rings (SSSR count). The summed E-state index contributed by atoms with van der Waals surface area (Å²) in [5.41, 5.74) is 0. The van der Waals surface area contributed by atoms with Gasteiger partial charge in [0.15, 0.2) is 12.6 Å². The lowest BCUT2D eigenvalue weighted by atomic mass is 9.97. The van der Waals surface area contributed by atoms with Crippen molar-refractivity contribution in [1.29, 1.82) is 0 Å². The highest BCUT2D eigenvalue weighted by molar-refractivity contribution is 5.76. The number of ether oxygens (including phenoxy) is 4. The second-order valence-electron chi connectivity index (χ2n) is 19.3. The van der Waals surface area contributed by atoms with Crippen molar-refractivity contribution in [3.05, 3.63) is 36.5 Å². The second-order valence-corrected chi connectivity index (χ2v) is 19.3. The first-order valence-electron chi connectivity index (χ1n) is 27.2. The first-order chi connectivity index (χ1) is 33.1. The molecule has 0 saturated carbocycles. The highest BCUT2D eigenvalue weighted by atomic mass is 16.7. The molecule has 2 aliphatic heterocycles. The molecule has 0 radical (unpaired) electrons. The van der Waals surface area contributed by atoms with E-state index in [4.69, 9.17) is 18.9 Å². The van der Waals surface area contributed by atoms with Crippen LogP contribution in [0.1, 0.15) is 206 Å². The number of carbonyl (C=O) groups excluding carboxylic acids is 1. The minimum atomic E-state index is -1.79. The summed E-state index contributed by atoms with van der Waals surface area (Å²) in [6.45, 7) is 2.76. The molecule has 2 aliphatic rings. The van der Waals surface area contributed by atoms with Crippen LogP contribution in [0.2, 0.25) is 0 Å². The van der Waals surface area contributed by atoms with Crippen molar-refractivity contribution in [3.63, 3.8) is 0 Å². The third-order valence-corrected chi connectivity index (χ3v) is 13.3. The average Bonchev–Trinajstić information content (AvgIpc) is 3.34. The minimum absolute atomic E-state index is 0.252. The minimum Gasteiger partial charge on any atom is -0.394 e. The SMILES string of the molecule is CCCCCCCCC/C=C/CC/C=C/CC/C=C/C(O)C(COC1OC(CO)C(OC2OC(CO)C(O)C(O)C2O)C(O)C1O)NC(=O)CCCCCCCCCCCCCCCCCCC. The monoisotopic (exact) mass is 970 g/mol. The summed E-state index contributed by atoms with van der Waals surface area (Å²) in [5, 5.41) is 86.8. The van der Waals surface area contributed by atoms with Crippen LogP contribution >= 0.6 is 0 Å². The number of unbranched alkanes of at least 4 members (excludes halogenated alkanes) is 25. The molecule has 1 amide bonds. The molecular weight excluding hydrogens is 871 g/mol. The van der Waals surface area contributed by atoms with E-state index in [0.717, 1.165) is 44.9 Å². The molecule has 14 heteroatoms. The number of aliphatic hydroxyl groups excluding tert-OH is 8. The molecule has 0 aromatic heterocycles. The highest BCUT2D eigenvalue weighted by Gasteiger charge is 2.51. The van der Waals surface area contributed by atoms with Gasteiger partial charge in [0.1, 0.15) is 48.8 Å². The number of rotatable bonds is 42. The predicted molar refractivity (Wildman–Crippen MR) is 268 cm³/mol. The van der Waals surface area contributed by atoms with Crippen LogP contribution in [0.25, 0.3) is 0 Å². The quantitative estimate of drug-likeness (QED) is 0.0210. The molecular formula is C54H99NO13. The third kappa shape index (κ3) is 27.1. The molecule has 0 spiro atoms. The van der Waals surface area contributed by atoms with Crippen LogP contribution in [-0.2, 0) is 23.7 Å². The summed E-state index contributed by atoms with van der Waals surface area (Å²) in [5.74, 6) is -0.252. The van der Waals surface area contributed by atoms with Gasteiger partial charge in [-0.15, -0.1) is 0 Å². The Labute approximate surface area is 411 Å². The zero-order valence-corrected chi connectivity index (χ0v) is 42.3. The van der Waals surface area contributed by atoms with Gasteiger partial charge in [-0.05, 0) is 44.9 Å². The molecule has 12 atom stereocenters. The van der Waals surface area contributed by atoms with Crippen molar-refractivity contribution in [2.75, 3.05) is 19.8 Å². The Morgan fingerprint density at radius 3 is 1.44 bits per heavy atom. The fraction of sp³-hybridized carbons (Fsp3) is 0.870. The number of carbonyl (C=O) groups is 1. The number of nitrogens with one attached hydrogen (secondary N) is 1. The highest BCUT2D eigenvalue weighted by Crippen LogP contribution is 2.30. The lowest BCUT2D eigenvalue weighted by Crippen LogP contribution is -2.65. The van der Waals surface area contributed by atoms with E-state index in [0.29, 0.717) is 12.8 Å². The van der Waals surface area contributed by atoms with E-state index in [1.54, 1.807) is 6.08 Å². The van der Waals surface area contributed by atoms with E-state index < -0.39 is 86.8 Å². The third-order valence-electron chi connectivity index (χ3n) is 13.3. The van der Waals surface area contributed by atoms with E-state index in [9.17, 15) is 45.6 Å². The summed E-state index contributed by atoms with van der Waals surface area (Å²) in [7, 11) is 0. The first kappa shape index (κ1) is 62.3. The zero-order valence-electron chi connectivity index (χ0n) is 42.3. The molecule has 14 nitrogen and oxygen atoms in total. The Bertz CT molecular complexity index is 1280. The maximum atomic E-state index is 13.2. The van der Waals surface area contributed by atoms with Gasteiger partial charge in [-0.3, -0.25) is 4.79 Å². The standard InChI is InChI=1S/C54H99NO13/c1-3-5-7-9-11-13-15-17-19-21-23-25-27-29-31-33-35-37-43(58)42(55-46(59)38-36-34-32-30-28-26-24-22-20-18-16-14-12-10-8-6-4-2)41-65-53-51(64)49(62)52(45(40-57)67-53)68-54-50(63)48(61)47(60)44(39-56)66-54/h19,21,27,29,35,37,42-45,47-54,56-58,60-64H,3-18,20,22-26,28,30-34,36,38-41H2,1-2H3,(H,55,59)/b21-19+,29-27+,37-35+. The Kier molecular flexibility index (Phi) is 37.4. The molecule has 2 saturated heterocycles. The molecule has 0 aromatic carbocycles. The first-order valence-corrected chi connectivity index (χ1v) is 27.2. The van der Waals surface area contributed by atoms with Crippen molar-refractivity contribution in [2.45, 2.75) is 280 Å². The fourth-order valence-corrected chi connectivity index (χ4v) is 8.85. The number of allylic oxidation sites excluding steroid dienone is 5. The molecule has 68 heavy (non-hydrogen) atoms. The molecule has 2 fully saturated rings. The van der Waals surface area contributed by atoms with Crippen molar-refractivity contribution in [3.8, 4) is 0 Å². The van der Waals surface area contributed by atoms with Gasteiger partial charge in [-0.25, -0.2) is 0 Å². The fourth-order valence-electron chi connectivity index (χ4n) is 8.85. The Morgan fingerprint density at radius 1 is 0.515 bits per heavy atom. The molecule has 0 aromatic rings. The van der Waals surface area contributed by atoms with E-state index in [1.807, 2.05) is 6.08 Å². The Balaban J connectivity index is 1.84. The van der Waals surface area contributed by atoms with Gasteiger partial charge >= 0.3 is 0 Å². The van der Waals surface area contributed by atoms with Crippen LogP contribution in [0.3, 0.4) is 0 Å². The summed E-state index contributed by atoms with van der Waals surface area (Å²) >= 11 is 0.